The van der Waals surface area contributed by atoms with E-state index in [9.17, 15) is 4.79 Å². The van der Waals surface area contributed by atoms with Crippen molar-refractivity contribution < 1.29 is 9.32 Å². The largest absolute Gasteiger partial charge is 0.352 e. The quantitative estimate of drug-likeness (QED) is 0.674. The van der Waals surface area contributed by atoms with Crippen LogP contribution in [0.5, 0.6) is 0 Å². The first-order valence-electron chi connectivity index (χ1n) is 3.92. The zero-order valence-electron chi connectivity index (χ0n) is 7.79. The van der Waals surface area contributed by atoms with Gasteiger partial charge >= 0.3 is 0 Å². The van der Waals surface area contributed by atoms with E-state index in [4.69, 9.17) is 4.52 Å². The van der Waals surface area contributed by atoms with Gasteiger partial charge in [-0.15, -0.1) is 0 Å². The Bertz CT molecular complexity index is 296. The summed E-state index contributed by atoms with van der Waals surface area (Å²) in [5.74, 6) is 0.110. The van der Waals surface area contributed by atoms with E-state index in [0.717, 1.165) is 0 Å². The summed E-state index contributed by atoms with van der Waals surface area (Å²) in [4.78, 5) is 14.9. The SMILES string of the molecule is CNC(=O)c1noc(C(C)NC)n1. The van der Waals surface area contributed by atoms with Crippen LogP contribution >= 0.6 is 0 Å². The van der Waals surface area contributed by atoms with Gasteiger partial charge < -0.3 is 15.2 Å². The van der Waals surface area contributed by atoms with E-state index < -0.39 is 0 Å². The highest BCUT2D eigenvalue weighted by atomic mass is 16.5. The number of rotatable bonds is 3. The first-order valence-corrected chi connectivity index (χ1v) is 3.92. The second kappa shape index (κ2) is 3.99. The minimum Gasteiger partial charge on any atom is -0.352 e. The molecule has 6 heteroatoms. The number of hydrogen-bond donors (Lipinski definition) is 2. The average molecular weight is 184 g/mol. The van der Waals surface area contributed by atoms with Crippen LogP contribution in [0.3, 0.4) is 0 Å². The minimum atomic E-state index is -0.349. The summed E-state index contributed by atoms with van der Waals surface area (Å²) in [6.07, 6.45) is 0. The van der Waals surface area contributed by atoms with Crippen LogP contribution in [0.4, 0.5) is 0 Å². The lowest BCUT2D eigenvalue weighted by molar-refractivity contribution is 0.0950. The molecule has 0 radical (unpaired) electrons. The highest BCUT2D eigenvalue weighted by Gasteiger charge is 2.15. The van der Waals surface area contributed by atoms with Crippen LogP contribution in [0.2, 0.25) is 0 Å². The van der Waals surface area contributed by atoms with Crippen LogP contribution in [0.15, 0.2) is 4.52 Å². The molecule has 72 valence electrons. The number of hydrogen-bond acceptors (Lipinski definition) is 5. The summed E-state index contributed by atoms with van der Waals surface area (Å²) in [5.41, 5.74) is 0. The number of carbonyl (C=O) groups is 1. The molecule has 0 aliphatic rings. The van der Waals surface area contributed by atoms with Crippen molar-refractivity contribution in [2.24, 2.45) is 0 Å². The second-order valence-electron chi connectivity index (χ2n) is 2.55. The average Bonchev–Trinajstić information content (AvgIpc) is 2.64. The lowest BCUT2D eigenvalue weighted by Crippen LogP contribution is -2.19. The highest BCUT2D eigenvalue weighted by Crippen LogP contribution is 2.07. The molecular formula is C7H12N4O2. The van der Waals surface area contributed by atoms with Crippen molar-refractivity contribution in [1.29, 1.82) is 0 Å². The summed E-state index contributed by atoms with van der Waals surface area (Å²) in [7, 11) is 3.29. The predicted octanol–water partition coefficient (Wildman–Crippen LogP) is -0.290. The molecule has 1 aromatic heterocycles. The summed E-state index contributed by atoms with van der Waals surface area (Å²) in [5, 5.41) is 8.85. The van der Waals surface area contributed by atoms with E-state index in [0.29, 0.717) is 5.89 Å². The third-order valence-corrected chi connectivity index (χ3v) is 1.68. The number of aromatic nitrogens is 2. The molecule has 0 bridgehead atoms. The second-order valence-corrected chi connectivity index (χ2v) is 2.55. The van der Waals surface area contributed by atoms with Gasteiger partial charge in [0, 0.05) is 7.05 Å². The molecule has 1 amide bonds. The van der Waals surface area contributed by atoms with E-state index in [2.05, 4.69) is 20.8 Å². The first kappa shape index (κ1) is 9.66. The molecule has 1 aromatic rings. The molecule has 6 nitrogen and oxygen atoms in total. The molecule has 0 saturated heterocycles. The van der Waals surface area contributed by atoms with Gasteiger partial charge in [-0.2, -0.15) is 4.98 Å². The van der Waals surface area contributed by atoms with E-state index in [1.807, 2.05) is 6.92 Å². The third-order valence-electron chi connectivity index (χ3n) is 1.68. The lowest BCUT2D eigenvalue weighted by Gasteiger charge is -2.01. The Hall–Kier alpha value is -1.43. The van der Waals surface area contributed by atoms with Crippen LogP contribution in [0, 0.1) is 0 Å². The van der Waals surface area contributed by atoms with Crippen molar-refractivity contribution >= 4 is 5.91 Å². The zero-order valence-corrected chi connectivity index (χ0v) is 7.79. The van der Waals surface area contributed by atoms with Gasteiger partial charge in [-0.1, -0.05) is 5.16 Å². The molecule has 1 rings (SSSR count). The van der Waals surface area contributed by atoms with Crippen molar-refractivity contribution in [3.63, 3.8) is 0 Å². The Morgan fingerprint density at radius 1 is 1.54 bits per heavy atom. The molecule has 0 spiro atoms. The topological polar surface area (TPSA) is 80.0 Å². The van der Waals surface area contributed by atoms with E-state index in [-0.39, 0.29) is 17.8 Å². The zero-order chi connectivity index (χ0) is 9.84. The van der Waals surface area contributed by atoms with Crippen LogP contribution in [-0.2, 0) is 0 Å². The molecule has 0 aromatic carbocycles. The van der Waals surface area contributed by atoms with Crippen molar-refractivity contribution in [3.05, 3.63) is 11.7 Å². The first-order chi connectivity index (χ1) is 6.19. The predicted molar refractivity (Wildman–Crippen MR) is 45.2 cm³/mol. The lowest BCUT2D eigenvalue weighted by atomic mass is 10.3. The molecule has 13 heavy (non-hydrogen) atoms. The summed E-state index contributed by atoms with van der Waals surface area (Å²) >= 11 is 0. The standard InChI is InChI=1S/C7H12N4O2/c1-4(8-2)7-10-5(11-13-7)6(12)9-3/h4,8H,1-3H3,(H,9,12). The van der Waals surface area contributed by atoms with Gasteiger partial charge in [0.05, 0.1) is 6.04 Å². The van der Waals surface area contributed by atoms with E-state index >= 15 is 0 Å². The van der Waals surface area contributed by atoms with Crippen molar-refractivity contribution in [2.75, 3.05) is 14.1 Å². The molecule has 1 atom stereocenters. The molecule has 0 saturated carbocycles. The highest BCUT2D eigenvalue weighted by molar-refractivity contribution is 5.89. The maximum Gasteiger partial charge on any atom is 0.292 e. The number of nitrogens with zero attached hydrogens (tertiary/aromatic N) is 2. The Labute approximate surface area is 75.7 Å². The monoisotopic (exact) mass is 184 g/mol. The smallest absolute Gasteiger partial charge is 0.292 e. The Morgan fingerprint density at radius 2 is 2.23 bits per heavy atom. The van der Waals surface area contributed by atoms with Crippen LogP contribution in [0.1, 0.15) is 29.5 Å². The summed E-state index contributed by atoms with van der Waals surface area (Å²) in [6.45, 7) is 1.86. The fourth-order valence-corrected chi connectivity index (χ4v) is 0.739. The van der Waals surface area contributed by atoms with Gasteiger partial charge in [0.15, 0.2) is 0 Å². The van der Waals surface area contributed by atoms with Gasteiger partial charge in [-0.05, 0) is 14.0 Å². The number of amides is 1. The van der Waals surface area contributed by atoms with Crippen LogP contribution in [-0.4, -0.2) is 30.1 Å². The normalized spacial score (nSPS) is 12.5. The van der Waals surface area contributed by atoms with Gasteiger partial charge in [-0.25, -0.2) is 0 Å². The Kier molecular flexibility index (Phi) is 2.97. The molecule has 0 fully saturated rings. The van der Waals surface area contributed by atoms with Crippen molar-refractivity contribution in [3.8, 4) is 0 Å². The number of carbonyl (C=O) groups excluding carboxylic acids is 1. The van der Waals surface area contributed by atoms with Crippen LogP contribution < -0.4 is 10.6 Å². The molecular weight excluding hydrogens is 172 g/mol. The fourth-order valence-electron chi connectivity index (χ4n) is 0.739. The number of nitrogens with one attached hydrogen (secondary N) is 2. The van der Waals surface area contributed by atoms with E-state index in [1.165, 1.54) is 7.05 Å². The Balaban J connectivity index is 2.80. The van der Waals surface area contributed by atoms with Crippen molar-refractivity contribution in [2.45, 2.75) is 13.0 Å². The minimum absolute atomic E-state index is 0.0501. The van der Waals surface area contributed by atoms with Crippen LogP contribution in [0.25, 0.3) is 0 Å². The Morgan fingerprint density at radius 3 is 2.77 bits per heavy atom. The van der Waals surface area contributed by atoms with Crippen molar-refractivity contribution in [1.82, 2.24) is 20.8 Å². The van der Waals surface area contributed by atoms with Gasteiger partial charge in [0.1, 0.15) is 0 Å². The fraction of sp³-hybridized carbons (Fsp3) is 0.571. The van der Waals surface area contributed by atoms with E-state index in [1.54, 1.807) is 7.05 Å². The summed E-state index contributed by atoms with van der Waals surface area (Å²) in [6, 6.07) is -0.0501. The summed E-state index contributed by atoms with van der Waals surface area (Å²) < 4.78 is 4.86. The molecule has 0 aliphatic heterocycles. The molecule has 2 N–H and O–H groups in total. The molecule has 1 heterocycles. The van der Waals surface area contributed by atoms with Gasteiger partial charge in [0.2, 0.25) is 5.89 Å². The molecule has 0 aliphatic carbocycles. The van der Waals surface area contributed by atoms with Gasteiger partial charge in [0.25, 0.3) is 11.7 Å². The third kappa shape index (κ3) is 2.03. The maximum absolute atomic E-state index is 11.0. The van der Waals surface area contributed by atoms with Gasteiger partial charge in [-0.3, -0.25) is 4.79 Å². The maximum atomic E-state index is 11.0. The molecule has 1 unspecified atom stereocenters.